The molecule has 1 saturated carbocycles. The van der Waals surface area contributed by atoms with Gasteiger partial charge in [-0.2, -0.15) is 4.98 Å². The molecule has 10 rings (SSSR count). The largest absolute Gasteiger partial charge is 0.384 e. The third-order valence-corrected chi connectivity index (χ3v) is 14.7. The normalized spacial score (nSPS) is 21.8. The maximum atomic E-state index is 14.1. The summed E-state index contributed by atoms with van der Waals surface area (Å²) in [6, 6.07) is 8.06. The number of hydrogen-bond acceptors (Lipinski definition) is 13. The lowest BCUT2D eigenvalue weighted by Crippen LogP contribution is -2.55. The average Bonchev–Trinajstić information content (AvgIpc) is 4.09. The molecule has 8 heterocycles. The Morgan fingerprint density at radius 1 is 0.826 bits per heavy atom. The Kier molecular flexibility index (Phi) is 13.4. The number of piperidine rings is 3. The highest BCUT2D eigenvalue weighted by molar-refractivity contribution is 6.25. The van der Waals surface area contributed by atoms with Crippen molar-refractivity contribution < 1.29 is 33.2 Å². The first-order valence-electron chi connectivity index (χ1n) is 24.7. The summed E-state index contributed by atoms with van der Waals surface area (Å²) < 4.78 is 16.4. The van der Waals surface area contributed by atoms with Crippen LogP contribution >= 0.6 is 0 Å². The maximum absolute atomic E-state index is 14.1. The number of piperazine rings is 1. The van der Waals surface area contributed by atoms with E-state index in [1.54, 1.807) is 36.7 Å². The molecule has 4 N–H and O–H groups in total. The Bertz CT molecular complexity index is 2620. The minimum Gasteiger partial charge on any atom is -0.384 e. The van der Waals surface area contributed by atoms with Gasteiger partial charge in [-0.25, -0.2) is 19.2 Å². The number of carbonyl (C=O) groups excluding carboxylic acids is 6. The first kappa shape index (κ1) is 46.1. The SMILES string of the molecule is O=C1CCC(N2C(=O)c3cccc(NCCCCN4CCN(C(=O)N5CCC(NC(=O)c6cn(C7CCCC7)c7cc(Nc8ccnc(N9CCC[C@@H](F)C9)n8)ncc67)CC5)CC4)c3C2=O)C(=O)N1. The van der Waals surface area contributed by atoms with Gasteiger partial charge in [-0.3, -0.25) is 39.1 Å². The molecule has 1 aliphatic carbocycles. The molecule has 20 heteroatoms. The van der Waals surface area contributed by atoms with Crippen molar-refractivity contribution >= 4 is 69.7 Å². The van der Waals surface area contributed by atoms with Crippen molar-refractivity contribution in [1.29, 1.82) is 0 Å². The number of unbranched alkanes of at least 4 members (excludes halogenated alkanes) is 1. The summed E-state index contributed by atoms with van der Waals surface area (Å²) in [5.41, 5.74) is 2.57. The third-order valence-electron chi connectivity index (χ3n) is 14.7. The predicted octanol–water partition coefficient (Wildman–Crippen LogP) is 4.85. The molecule has 364 valence electrons. The zero-order valence-corrected chi connectivity index (χ0v) is 38.8. The van der Waals surface area contributed by atoms with Crippen LogP contribution in [0.1, 0.15) is 114 Å². The number of nitrogens with zero attached hydrogens (tertiary/aromatic N) is 9. The van der Waals surface area contributed by atoms with Gasteiger partial charge in [0.05, 0.1) is 28.8 Å². The molecule has 0 radical (unpaired) electrons. The van der Waals surface area contributed by atoms with Gasteiger partial charge in [0.1, 0.15) is 23.8 Å². The van der Waals surface area contributed by atoms with Crippen LogP contribution < -0.4 is 26.2 Å². The lowest BCUT2D eigenvalue weighted by molar-refractivity contribution is -0.136. The molecule has 5 fully saturated rings. The van der Waals surface area contributed by atoms with E-state index in [2.05, 4.69) is 40.7 Å². The molecule has 2 atom stereocenters. The van der Waals surface area contributed by atoms with E-state index < -0.39 is 35.8 Å². The van der Waals surface area contributed by atoms with Crippen LogP contribution in [0.15, 0.2) is 48.9 Å². The Hall–Kier alpha value is -6.70. The van der Waals surface area contributed by atoms with Crippen molar-refractivity contribution in [2.75, 3.05) is 81.0 Å². The summed E-state index contributed by atoms with van der Waals surface area (Å²) in [6.45, 7) is 6.39. The zero-order valence-electron chi connectivity index (χ0n) is 38.8. The summed E-state index contributed by atoms with van der Waals surface area (Å²) in [6.07, 6.45) is 13.4. The lowest BCUT2D eigenvalue weighted by Gasteiger charge is -2.39. The van der Waals surface area contributed by atoms with E-state index in [0.29, 0.717) is 87.4 Å². The molecule has 69 heavy (non-hydrogen) atoms. The van der Waals surface area contributed by atoms with Crippen LogP contribution in [0.5, 0.6) is 0 Å². The Balaban J connectivity index is 0.671. The number of urea groups is 1. The van der Waals surface area contributed by atoms with Crippen LogP contribution in [0.25, 0.3) is 10.9 Å². The Labute approximate surface area is 399 Å². The van der Waals surface area contributed by atoms with E-state index in [4.69, 9.17) is 4.98 Å². The second-order valence-corrected chi connectivity index (χ2v) is 19.2. The van der Waals surface area contributed by atoms with E-state index >= 15 is 0 Å². The number of pyridine rings is 1. The number of hydrogen-bond donors (Lipinski definition) is 4. The molecule has 7 amide bonds. The van der Waals surface area contributed by atoms with Crippen LogP contribution in [0.2, 0.25) is 0 Å². The average molecular weight is 946 g/mol. The van der Waals surface area contributed by atoms with E-state index in [-0.39, 0.29) is 54.5 Å². The van der Waals surface area contributed by atoms with Gasteiger partial charge in [-0.1, -0.05) is 18.9 Å². The van der Waals surface area contributed by atoms with Gasteiger partial charge in [0.25, 0.3) is 17.7 Å². The standard InChI is InChI=1S/C49H60FN13O6/c50-31-7-6-20-61(29-31)48-52-18-14-40(56-48)55-41-27-39-35(28-53-41)36(30-62(39)33-8-1-2-9-33)44(65)54-32-15-21-59(22-16-32)49(69)60-25-23-58(24-26-60)19-4-3-17-51-37-11-5-10-34-43(37)47(68)63(46(34)67)38-12-13-42(64)57-45(38)66/h5,10-11,14,18,27-28,30-33,38,51H,1-4,6-9,12-13,15-17,19-26,29H2,(H,54,65)(H,57,64,66)(H,52,53,55,56)/t31-,38?/m1/s1. The van der Waals surface area contributed by atoms with Gasteiger partial charge in [0, 0.05) is 107 Å². The molecule has 4 aromatic rings. The summed E-state index contributed by atoms with van der Waals surface area (Å²) in [5, 5.41) is 12.9. The van der Waals surface area contributed by atoms with E-state index in [0.717, 1.165) is 80.4 Å². The number of aromatic nitrogens is 4. The molecule has 3 aromatic heterocycles. The zero-order chi connectivity index (χ0) is 47.6. The second-order valence-electron chi connectivity index (χ2n) is 19.2. The Morgan fingerprint density at radius 3 is 2.41 bits per heavy atom. The second kappa shape index (κ2) is 20.1. The van der Waals surface area contributed by atoms with E-state index in [1.165, 1.54) is 0 Å². The third kappa shape index (κ3) is 9.80. The number of halogens is 1. The van der Waals surface area contributed by atoms with Crippen molar-refractivity contribution in [1.82, 2.24) is 49.8 Å². The maximum Gasteiger partial charge on any atom is 0.320 e. The van der Waals surface area contributed by atoms with Gasteiger partial charge in [-0.05, 0) is 82.5 Å². The van der Waals surface area contributed by atoms with Crippen LogP contribution in [0.4, 0.5) is 32.5 Å². The number of nitrogens with one attached hydrogen (secondary N) is 4. The number of likely N-dealkylation sites (tertiary alicyclic amines) is 1. The lowest BCUT2D eigenvalue weighted by atomic mass is 10.0. The summed E-state index contributed by atoms with van der Waals surface area (Å²) in [5.74, 6) is -0.595. The van der Waals surface area contributed by atoms with Crippen molar-refractivity contribution in [3.8, 4) is 0 Å². The van der Waals surface area contributed by atoms with Crippen molar-refractivity contribution in [2.24, 2.45) is 0 Å². The van der Waals surface area contributed by atoms with Gasteiger partial charge < -0.3 is 35.2 Å². The fourth-order valence-corrected chi connectivity index (χ4v) is 10.9. The molecule has 5 aliphatic heterocycles. The fourth-order valence-electron chi connectivity index (χ4n) is 10.9. The molecule has 1 aromatic carbocycles. The molecule has 6 aliphatic rings. The van der Waals surface area contributed by atoms with E-state index in [9.17, 15) is 33.2 Å². The molecular formula is C49H60FN13O6. The van der Waals surface area contributed by atoms with Gasteiger partial charge >= 0.3 is 6.03 Å². The number of carbonyl (C=O) groups is 6. The fraction of sp³-hybridized carbons (Fsp3) is 0.531. The molecule has 0 bridgehead atoms. The first-order valence-corrected chi connectivity index (χ1v) is 24.7. The molecule has 4 saturated heterocycles. The predicted molar refractivity (Wildman–Crippen MR) is 255 cm³/mol. The van der Waals surface area contributed by atoms with Crippen molar-refractivity contribution in [2.45, 2.75) is 101 Å². The van der Waals surface area contributed by atoms with Gasteiger partial charge in [0.15, 0.2) is 0 Å². The minimum atomic E-state index is -1.01. The summed E-state index contributed by atoms with van der Waals surface area (Å²) in [4.78, 5) is 101. The van der Waals surface area contributed by atoms with Crippen molar-refractivity contribution in [3.05, 3.63) is 65.6 Å². The number of fused-ring (bicyclic) bond motifs is 2. The van der Waals surface area contributed by atoms with E-state index in [1.807, 2.05) is 27.0 Å². The van der Waals surface area contributed by atoms with Crippen LogP contribution in [0.3, 0.4) is 0 Å². The first-order chi connectivity index (χ1) is 33.6. The van der Waals surface area contributed by atoms with Gasteiger partial charge in [0.2, 0.25) is 17.8 Å². The van der Waals surface area contributed by atoms with Crippen LogP contribution in [-0.4, -0.2) is 158 Å². The Morgan fingerprint density at radius 2 is 1.62 bits per heavy atom. The molecule has 0 spiro atoms. The van der Waals surface area contributed by atoms with Crippen molar-refractivity contribution in [3.63, 3.8) is 0 Å². The highest BCUT2D eigenvalue weighted by atomic mass is 19.1. The number of imide groups is 2. The topological polar surface area (TPSA) is 210 Å². The minimum absolute atomic E-state index is 0.0384. The number of anilines is 4. The number of amides is 7. The number of rotatable bonds is 13. The highest BCUT2D eigenvalue weighted by Gasteiger charge is 2.45. The summed E-state index contributed by atoms with van der Waals surface area (Å²) in [7, 11) is 0. The highest BCUT2D eigenvalue weighted by Crippen LogP contribution is 2.36. The van der Waals surface area contributed by atoms with Gasteiger partial charge in [-0.15, -0.1) is 0 Å². The summed E-state index contributed by atoms with van der Waals surface area (Å²) >= 11 is 0. The van der Waals surface area contributed by atoms with Crippen LogP contribution in [0, 0.1) is 0 Å². The quantitative estimate of drug-likeness (QED) is 0.105. The molecule has 1 unspecified atom stereocenters. The monoisotopic (exact) mass is 945 g/mol. The molecular weight excluding hydrogens is 886 g/mol. The number of benzene rings is 1. The molecule has 19 nitrogen and oxygen atoms in total. The van der Waals surface area contributed by atoms with Crippen LogP contribution in [-0.2, 0) is 9.59 Å². The smallest absolute Gasteiger partial charge is 0.320 e. The number of alkyl halides is 1.